The second-order valence-electron chi connectivity index (χ2n) is 9.17. The third-order valence-corrected chi connectivity index (χ3v) is 6.17. The zero-order valence-electron chi connectivity index (χ0n) is 20.8. The highest BCUT2D eigenvalue weighted by Crippen LogP contribution is 2.20. The van der Waals surface area contributed by atoms with Crippen LogP contribution in [-0.4, -0.2) is 45.2 Å². The molecule has 0 rings (SSSR count). The molecule has 0 saturated carbocycles. The summed E-state index contributed by atoms with van der Waals surface area (Å²) in [6.07, 6.45) is 19.7. The number of aliphatic hydroxyl groups excluding tert-OH is 2. The standard InChI is InChI=1S/C27H50O5/c1-3-5-7-9-10-11-12-13-14-15-16-18-20-22-25(30)27(32,23-28)26(31)24(29)21-19-17-8-6-4-2/h11-12,26,28,31-32H,3-10,13-23H2,1-2H3/b12-11-. The molecular weight excluding hydrogens is 404 g/mol. The van der Waals surface area contributed by atoms with Gasteiger partial charge in [0.15, 0.2) is 23.3 Å². The van der Waals surface area contributed by atoms with E-state index in [2.05, 4.69) is 26.0 Å². The zero-order chi connectivity index (χ0) is 24.1. The zero-order valence-corrected chi connectivity index (χ0v) is 20.8. The van der Waals surface area contributed by atoms with Crippen molar-refractivity contribution in [3.63, 3.8) is 0 Å². The van der Waals surface area contributed by atoms with Crippen LogP contribution in [0.4, 0.5) is 0 Å². The number of unbranched alkanes of at least 4 members (excludes halogenated alkanes) is 13. The molecule has 0 amide bonds. The van der Waals surface area contributed by atoms with E-state index in [0.29, 0.717) is 12.8 Å². The molecule has 0 bridgehead atoms. The predicted molar refractivity (Wildman–Crippen MR) is 132 cm³/mol. The van der Waals surface area contributed by atoms with Gasteiger partial charge in [-0.2, -0.15) is 0 Å². The Morgan fingerprint density at radius 1 is 0.719 bits per heavy atom. The van der Waals surface area contributed by atoms with Crippen LogP contribution in [0.1, 0.15) is 129 Å². The van der Waals surface area contributed by atoms with Gasteiger partial charge in [-0.25, -0.2) is 0 Å². The number of hydrogen-bond donors (Lipinski definition) is 3. The van der Waals surface area contributed by atoms with Gasteiger partial charge in [-0.15, -0.1) is 0 Å². The Hall–Kier alpha value is -1.04. The van der Waals surface area contributed by atoms with Crippen molar-refractivity contribution in [2.45, 2.75) is 141 Å². The monoisotopic (exact) mass is 454 g/mol. The van der Waals surface area contributed by atoms with Crippen LogP contribution in [0.15, 0.2) is 12.2 Å². The van der Waals surface area contributed by atoms with Crippen molar-refractivity contribution in [2.24, 2.45) is 0 Å². The molecule has 0 aromatic heterocycles. The van der Waals surface area contributed by atoms with E-state index in [1.165, 1.54) is 32.1 Å². The first kappa shape index (κ1) is 31.0. The first-order chi connectivity index (χ1) is 15.4. The lowest BCUT2D eigenvalue weighted by atomic mass is 9.85. The summed E-state index contributed by atoms with van der Waals surface area (Å²) in [5.74, 6) is -1.21. The van der Waals surface area contributed by atoms with E-state index in [0.717, 1.165) is 57.8 Å². The highest BCUT2D eigenvalue weighted by atomic mass is 16.4. The van der Waals surface area contributed by atoms with Gasteiger partial charge in [-0.05, 0) is 38.5 Å². The molecule has 0 heterocycles. The van der Waals surface area contributed by atoms with E-state index < -0.39 is 29.9 Å². The first-order valence-corrected chi connectivity index (χ1v) is 13.2. The Balaban J connectivity index is 4.02. The number of carbonyl (C=O) groups is 2. The van der Waals surface area contributed by atoms with Gasteiger partial charge in [-0.1, -0.05) is 90.2 Å². The maximum atomic E-state index is 12.4. The van der Waals surface area contributed by atoms with Crippen LogP contribution in [0.25, 0.3) is 0 Å². The third kappa shape index (κ3) is 14.2. The smallest absolute Gasteiger partial charge is 0.178 e. The van der Waals surface area contributed by atoms with Crippen LogP contribution in [0, 0.1) is 0 Å². The molecule has 5 heteroatoms. The lowest BCUT2D eigenvalue weighted by molar-refractivity contribution is -0.165. The van der Waals surface area contributed by atoms with Crippen molar-refractivity contribution < 1.29 is 24.9 Å². The Bertz CT molecular complexity index is 502. The van der Waals surface area contributed by atoms with Gasteiger partial charge in [-0.3, -0.25) is 9.59 Å². The Kier molecular flexibility index (Phi) is 19.9. The molecule has 0 saturated heterocycles. The van der Waals surface area contributed by atoms with Crippen molar-refractivity contribution in [1.82, 2.24) is 0 Å². The summed E-state index contributed by atoms with van der Waals surface area (Å²) in [5, 5.41) is 30.2. The van der Waals surface area contributed by atoms with Crippen LogP contribution >= 0.6 is 0 Å². The summed E-state index contributed by atoms with van der Waals surface area (Å²) in [7, 11) is 0. The van der Waals surface area contributed by atoms with Crippen LogP contribution in [0.5, 0.6) is 0 Å². The van der Waals surface area contributed by atoms with Gasteiger partial charge in [0.05, 0.1) is 6.61 Å². The Labute approximate surface area is 196 Å². The summed E-state index contributed by atoms with van der Waals surface area (Å²) in [6.45, 7) is 3.40. The Morgan fingerprint density at radius 3 is 1.69 bits per heavy atom. The average molecular weight is 455 g/mol. The number of Topliss-reactive ketones (excluding diaryl/α,β-unsaturated/α-hetero) is 2. The summed E-state index contributed by atoms with van der Waals surface area (Å²) in [5.41, 5.74) is -2.37. The van der Waals surface area contributed by atoms with Crippen molar-refractivity contribution in [3.05, 3.63) is 12.2 Å². The molecule has 5 nitrogen and oxygen atoms in total. The highest BCUT2D eigenvalue weighted by molar-refractivity contribution is 5.96. The maximum Gasteiger partial charge on any atom is 0.178 e. The number of ketones is 2. The SMILES string of the molecule is CCCCCC/C=C\CCCCCCCC(=O)C(O)(CO)C(O)C(=O)CCCCCCC. The van der Waals surface area contributed by atoms with Gasteiger partial charge in [0.2, 0.25) is 0 Å². The lowest BCUT2D eigenvalue weighted by Gasteiger charge is -2.29. The maximum absolute atomic E-state index is 12.4. The van der Waals surface area contributed by atoms with Crippen molar-refractivity contribution in [3.8, 4) is 0 Å². The van der Waals surface area contributed by atoms with Gasteiger partial charge >= 0.3 is 0 Å². The van der Waals surface area contributed by atoms with Crippen LogP contribution < -0.4 is 0 Å². The molecule has 0 spiro atoms. The van der Waals surface area contributed by atoms with E-state index >= 15 is 0 Å². The summed E-state index contributed by atoms with van der Waals surface area (Å²) in [6, 6.07) is 0. The van der Waals surface area contributed by atoms with Crippen LogP contribution in [0.3, 0.4) is 0 Å². The molecule has 2 atom stereocenters. The fraction of sp³-hybridized carbons (Fsp3) is 0.852. The van der Waals surface area contributed by atoms with Gasteiger partial charge < -0.3 is 15.3 Å². The second-order valence-corrected chi connectivity index (χ2v) is 9.17. The average Bonchev–Trinajstić information content (AvgIpc) is 2.80. The largest absolute Gasteiger partial charge is 0.393 e. The minimum Gasteiger partial charge on any atom is -0.393 e. The minimum absolute atomic E-state index is 0.0650. The quantitative estimate of drug-likeness (QED) is 0.133. The van der Waals surface area contributed by atoms with Gasteiger partial charge in [0.1, 0.15) is 0 Å². The van der Waals surface area contributed by atoms with E-state index in [9.17, 15) is 24.9 Å². The number of allylic oxidation sites excluding steroid dienone is 2. The summed E-state index contributed by atoms with van der Waals surface area (Å²) >= 11 is 0. The normalized spacial score (nSPS) is 14.5. The summed E-state index contributed by atoms with van der Waals surface area (Å²) in [4.78, 5) is 24.6. The molecular formula is C27H50O5. The molecule has 3 N–H and O–H groups in total. The lowest BCUT2D eigenvalue weighted by Crippen LogP contribution is -2.55. The molecule has 0 radical (unpaired) electrons. The van der Waals surface area contributed by atoms with Gasteiger partial charge in [0.25, 0.3) is 0 Å². The molecule has 0 aromatic rings. The van der Waals surface area contributed by atoms with Crippen molar-refractivity contribution in [1.29, 1.82) is 0 Å². The van der Waals surface area contributed by atoms with Crippen molar-refractivity contribution >= 4 is 11.6 Å². The Morgan fingerprint density at radius 2 is 1.16 bits per heavy atom. The molecule has 2 unspecified atom stereocenters. The molecule has 0 fully saturated rings. The number of aliphatic hydroxyl groups is 3. The number of carbonyl (C=O) groups excluding carboxylic acids is 2. The summed E-state index contributed by atoms with van der Waals surface area (Å²) < 4.78 is 0. The number of rotatable bonds is 23. The van der Waals surface area contributed by atoms with Crippen molar-refractivity contribution in [2.75, 3.05) is 6.61 Å². The van der Waals surface area contributed by atoms with Crippen LogP contribution in [-0.2, 0) is 9.59 Å². The van der Waals surface area contributed by atoms with E-state index in [4.69, 9.17) is 0 Å². The van der Waals surface area contributed by atoms with Gasteiger partial charge in [0, 0.05) is 12.8 Å². The third-order valence-electron chi connectivity index (χ3n) is 6.17. The molecule has 0 aliphatic heterocycles. The molecule has 0 aromatic carbocycles. The first-order valence-electron chi connectivity index (χ1n) is 13.2. The molecule has 32 heavy (non-hydrogen) atoms. The minimum atomic E-state index is -2.37. The molecule has 188 valence electrons. The van der Waals surface area contributed by atoms with E-state index in [1.807, 2.05) is 0 Å². The topological polar surface area (TPSA) is 94.8 Å². The number of hydrogen-bond acceptors (Lipinski definition) is 5. The second kappa shape index (κ2) is 20.6. The van der Waals surface area contributed by atoms with Crippen LogP contribution in [0.2, 0.25) is 0 Å². The molecule has 0 aliphatic rings. The molecule has 0 aliphatic carbocycles. The van der Waals surface area contributed by atoms with E-state index in [1.54, 1.807) is 0 Å². The fourth-order valence-electron chi connectivity index (χ4n) is 3.85. The predicted octanol–water partition coefficient (Wildman–Crippen LogP) is 5.83. The fourth-order valence-corrected chi connectivity index (χ4v) is 3.85. The van der Waals surface area contributed by atoms with E-state index in [-0.39, 0.29) is 12.8 Å². The highest BCUT2D eigenvalue weighted by Gasteiger charge is 2.45.